The standard InChI is InChI=1S/C57H31N3O2S/c1-2-13-38-36(11-1)37-12-3-4-14-39(37)46-30-33(23-26-40(38)46)55-58-56(34-24-27-43-42-16-6-8-22-51(42)63-52(43)31-34)60-57(59-55)45-19-10-21-50-53(45)44-18-9-17-35(54(44)62-50)32-25-28-49-47(29-32)41-15-5-7-20-48(41)61-49/h1-31H. The number of thiophene rings is 1. The Morgan fingerprint density at radius 2 is 0.825 bits per heavy atom. The Morgan fingerprint density at radius 3 is 1.62 bits per heavy atom. The molecule has 4 aromatic heterocycles. The predicted molar refractivity (Wildman–Crippen MR) is 262 cm³/mol. The van der Waals surface area contributed by atoms with E-state index < -0.39 is 0 Å². The first-order chi connectivity index (χ1) is 31.2. The summed E-state index contributed by atoms with van der Waals surface area (Å²) in [6.07, 6.45) is 0. The van der Waals surface area contributed by atoms with Crippen molar-refractivity contribution in [1.82, 2.24) is 15.0 Å². The van der Waals surface area contributed by atoms with Crippen LogP contribution < -0.4 is 0 Å². The molecule has 0 aliphatic rings. The van der Waals surface area contributed by atoms with E-state index in [-0.39, 0.29) is 0 Å². The Kier molecular flexibility index (Phi) is 7.21. The molecule has 0 bridgehead atoms. The van der Waals surface area contributed by atoms with Gasteiger partial charge in [0.05, 0.1) is 0 Å². The molecule has 0 aliphatic carbocycles. The highest BCUT2D eigenvalue weighted by atomic mass is 32.1. The molecule has 0 saturated carbocycles. The maximum absolute atomic E-state index is 6.82. The van der Waals surface area contributed by atoms with Crippen LogP contribution in [0.25, 0.3) is 142 Å². The topological polar surface area (TPSA) is 65.0 Å². The van der Waals surface area contributed by atoms with E-state index >= 15 is 0 Å². The summed E-state index contributed by atoms with van der Waals surface area (Å²) in [6.45, 7) is 0. The van der Waals surface area contributed by atoms with Crippen LogP contribution in [0.3, 0.4) is 0 Å². The molecule has 14 aromatic rings. The fourth-order valence-corrected chi connectivity index (χ4v) is 11.0. The number of furan rings is 2. The van der Waals surface area contributed by atoms with Crippen molar-refractivity contribution in [2.45, 2.75) is 0 Å². The molecule has 14 rings (SSSR count). The van der Waals surface area contributed by atoms with Crippen molar-refractivity contribution >= 4 is 108 Å². The molecule has 0 unspecified atom stereocenters. The van der Waals surface area contributed by atoms with Crippen molar-refractivity contribution in [3.8, 4) is 45.3 Å². The number of nitrogens with zero attached hydrogens (tertiary/aromatic N) is 3. The van der Waals surface area contributed by atoms with Crippen LogP contribution >= 0.6 is 11.3 Å². The summed E-state index contributed by atoms with van der Waals surface area (Å²) in [4.78, 5) is 16.0. The number of aromatic nitrogens is 3. The van der Waals surface area contributed by atoms with Crippen molar-refractivity contribution < 1.29 is 8.83 Å². The van der Waals surface area contributed by atoms with Gasteiger partial charge in [-0.05, 0) is 80.3 Å². The minimum Gasteiger partial charge on any atom is -0.456 e. The third-order valence-corrected chi connectivity index (χ3v) is 13.9. The number of rotatable bonds is 4. The molecule has 0 saturated heterocycles. The molecule has 0 N–H and O–H groups in total. The van der Waals surface area contributed by atoms with Crippen LogP contribution in [0, 0.1) is 0 Å². The van der Waals surface area contributed by atoms with Crippen LogP contribution in [0.5, 0.6) is 0 Å². The van der Waals surface area contributed by atoms with Gasteiger partial charge in [0.2, 0.25) is 0 Å². The summed E-state index contributed by atoms with van der Waals surface area (Å²) in [5.74, 6) is 1.81. The molecule has 63 heavy (non-hydrogen) atoms. The highest BCUT2D eigenvalue weighted by Gasteiger charge is 2.21. The van der Waals surface area contributed by atoms with E-state index in [9.17, 15) is 0 Å². The zero-order valence-electron chi connectivity index (χ0n) is 33.5. The molecule has 0 spiro atoms. The van der Waals surface area contributed by atoms with Gasteiger partial charge in [-0.25, -0.2) is 15.0 Å². The molecular formula is C57H31N3O2S. The molecule has 0 atom stereocenters. The monoisotopic (exact) mass is 821 g/mol. The normalized spacial score (nSPS) is 12.1. The molecule has 0 radical (unpaired) electrons. The van der Waals surface area contributed by atoms with Crippen LogP contribution in [-0.4, -0.2) is 15.0 Å². The number of benzene rings is 10. The Bertz CT molecular complexity index is 4200. The first kappa shape index (κ1) is 34.5. The van der Waals surface area contributed by atoms with E-state index in [2.05, 4.69) is 164 Å². The summed E-state index contributed by atoms with van der Waals surface area (Å²) in [7, 11) is 0. The highest BCUT2D eigenvalue weighted by Crippen LogP contribution is 2.43. The molecular weight excluding hydrogens is 791 g/mol. The molecule has 292 valence electrons. The van der Waals surface area contributed by atoms with Crippen LogP contribution in [0.1, 0.15) is 0 Å². The van der Waals surface area contributed by atoms with Gasteiger partial charge in [-0.2, -0.15) is 0 Å². The summed E-state index contributed by atoms with van der Waals surface area (Å²) in [5.41, 5.74) is 8.11. The average Bonchev–Trinajstić information content (AvgIpc) is 4.05. The lowest BCUT2D eigenvalue weighted by Gasteiger charge is -2.13. The van der Waals surface area contributed by atoms with Gasteiger partial charge in [-0.1, -0.05) is 146 Å². The van der Waals surface area contributed by atoms with E-state index in [0.717, 1.165) is 77.1 Å². The number of hydrogen-bond donors (Lipinski definition) is 0. The van der Waals surface area contributed by atoms with E-state index in [1.165, 1.54) is 47.1 Å². The molecule has 0 amide bonds. The average molecular weight is 822 g/mol. The summed E-state index contributed by atoms with van der Waals surface area (Å²) in [6, 6.07) is 66.2. The Morgan fingerprint density at radius 1 is 0.302 bits per heavy atom. The fourth-order valence-electron chi connectivity index (χ4n) is 9.82. The molecule has 4 heterocycles. The van der Waals surface area contributed by atoms with Crippen LogP contribution in [0.2, 0.25) is 0 Å². The van der Waals surface area contributed by atoms with E-state index in [0.29, 0.717) is 17.5 Å². The van der Waals surface area contributed by atoms with Gasteiger partial charge in [0, 0.05) is 64.0 Å². The Labute approximate surface area is 363 Å². The predicted octanol–water partition coefficient (Wildman–Crippen LogP) is 16.2. The van der Waals surface area contributed by atoms with Gasteiger partial charge in [-0.15, -0.1) is 11.3 Å². The maximum Gasteiger partial charge on any atom is 0.164 e. The number of hydrogen-bond acceptors (Lipinski definition) is 6. The molecule has 0 fully saturated rings. The van der Waals surface area contributed by atoms with Crippen molar-refractivity contribution in [3.63, 3.8) is 0 Å². The Hall–Kier alpha value is -8.19. The van der Waals surface area contributed by atoms with Gasteiger partial charge in [0.1, 0.15) is 22.3 Å². The lowest BCUT2D eigenvalue weighted by Crippen LogP contribution is -2.00. The SMILES string of the molecule is c1ccc2c(c1)oc1ccc(-c3cccc4c3oc3cccc(-c5nc(-c6ccc7c(c6)sc6ccccc67)nc(-c6ccc7c8ccccc8c8ccccc8c7c6)n5)c34)cc12. The fraction of sp³-hybridized carbons (Fsp3) is 0. The zero-order valence-corrected chi connectivity index (χ0v) is 34.3. The number of para-hydroxylation sites is 2. The lowest BCUT2D eigenvalue weighted by molar-refractivity contribution is 0.668. The minimum atomic E-state index is 0.583. The van der Waals surface area contributed by atoms with Crippen LogP contribution in [0.4, 0.5) is 0 Å². The first-order valence-corrected chi connectivity index (χ1v) is 21.9. The van der Waals surface area contributed by atoms with Gasteiger partial charge in [-0.3, -0.25) is 0 Å². The van der Waals surface area contributed by atoms with Crippen molar-refractivity contribution in [3.05, 3.63) is 188 Å². The molecule has 0 aliphatic heterocycles. The molecule has 10 aromatic carbocycles. The second kappa shape index (κ2) is 13.2. The van der Waals surface area contributed by atoms with Gasteiger partial charge < -0.3 is 8.83 Å². The largest absolute Gasteiger partial charge is 0.456 e. The van der Waals surface area contributed by atoms with Gasteiger partial charge >= 0.3 is 0 Å². The van der Waals surface area contributed by atoms with Crippen molar-refractivity contribution in [2.24, 2.45) is 0 Å². The zero-order chi connectivity index (χ0) is 41.2. The van der Waals surface area contributed by atoms with E-state index in [1.54, 1.807) is 11.3 Å². The third kappa shape index (κ3) is 5.19. The smallest absolute Gasteiger partial charge is 0.164 e. The van der Waals surface area contributed by atoms with E-state index in [4.69, 9.17) is 23.8 Å². The summed E-state index contributed by atoms with van der Waals surface area (Å²) >= 11 is 1.79. The Balaban J connectivity index is 0.997. The quantitative estimate of drug-likeness (QED) is 0.165. The summed E-state index contributed by atoms with van der Waals surface area (Å²) < 4.78 is 15.4. The van der Waals surface area contributed by atoms with Crippen LogP contribution in [0.15, 0.2) is 197 Å². The number of fused-ring (bicyclic) bond motifs is 15. The second-order valence-electron chi connectivity index (χ2n) is 16.2. The van der Waals surface area contributed by atoms with Crippen molar-refractivity contribution in [2.75, 3.05) is 0 Å². The van der Waals surface area contributed by atoms with E-state index in [1.807, 2.05) is 24.3 Å². The second-order valence-corrected chi connectivity index (χ2v) is 17.3. The van der Waals surface area contributed by atoms with Gasteiger partial charge in [0.25, 0.3) is 0 Å². The molecule has 6 heteroatoms. The van der Waals surface area contributed by atoms with Gasteiger partial charge in [0.15, 0.2) is 17.5 Å². The highest BCUT2D eigenvalue weighted by molar-refractivity contribution is 7.25. The maximum atomic E-state index is 6.82. The lowest BCUT2D eigenvalue weighted by atomic mass is 9.93. The third-order valence-electron chi connectivity index (χ3n) is 12.7. The van der Waals surface area contributed by atoms with Crippen LogP contribution in [-0.2, 0) is 0 Å². The minimum absolute atomic E-state index is 0.583. The first-order valence-electron chi connectivity index (χ1n) is 21.1. The summed E-state index contributed by atoms with van der Waals surface area (Å²) in [5, 5.41) is 13.9. The van der Waals surface area contributed by atoms with Crippen molar-refractivity contribution in [1.29, 1.82) is 0 Å². The molecule has 5 nitrogen and oxygen atoms in total.